The number of para-hydroxylation sites is 1. The van der Waals surface area contributed by atoms with Gasteiger partial charge in [-0.05, 0) is 36.8 Å². The van der Waals surface area contributed by atoms with E-state index in [1.54, 1.807) is 0 Å². The molecule has 0 aliphatic rings. The Balaban J connectivity index is 1.92. The lowest BCUT2D eigenvalue weighted by Crippen LogP contribution is -2.30. The summed E-state index contributed by atoms with van der Waals surface area (Å²) >= 11 is 5.29. The highest BCUT2D eigenvalue weighted by Crippen LogP contribution is 2.12. The van der Waals surface area contributed by atoms with E-state index in [9.17, 15) is 0 Å². The van der Waals surface area contributed by atoms with Crippen LogP contribution in [-0.2, 0) is 0 Å². The third-order valence-electron chi connectivity index (χ3n) is 2.68. The maximum atomic E-state index is 5.29. The summed E-state index contributed by atoms with van der Waals surface area (Å²) in [6, 6.07) is 20.3. The van der Waals surface area contributed by atoms with Crippen LogP contribution < -0.4 is 10.6 Å². The molecule has 2 aromatic carbocycles. The standard InChI is InChI=1S/C15H16N2S/c1-12(13-8-4-2-5-9-13)16-15(18)17-14-10-6-3-7-11-14/h2-12H,1H3,(H2,16,17,18)/t12-/m0/s1. The number of thiocarbonyl (C=S) groups is 1. The summed E-state index contributed by atoms with van der Waals surface area (Å²) in [5, 5.41) is 7.06. The zero-order chi connectivity index (χ0) is 12.8. The third-order valence-corrected chi connectivity index (χ3v) is 2.90. The van der Waals surface area contributed by atoms with Gasteiger partial charge in [-0.1, -0.05) is 48.5 Å². The monoisotopic (exact) mass is 256 g/mol. The summed E-state index contributed by atoms with van der Waals surface area (Å²) in [4.78, 5) is 0. The van der Waals surface area contributed by atoms with Crippen LogP contribution in [-0.4, -0.2) is 5.11 Å². The fourth-order valence-electron chi connectivity index (χ4n) is 1.71. The van der Waals surface area contributed by atoms with Crippen molar-refractivity contribution in [2.75, 3.05) is 5.32 Å². The van der Waals surface area contributed by atoms with E-state index < -0.39 is 0 Å². The lowest BCUT2D eigenvalue weighted by Gasteiger charge is -2.17. The maximum Gasteiger partial charge on any atom is 0.171 e. The van der Waals surface area contributed by atoms with E-state index in [-0.39, 0.29) is 6.04 Å². The summed E-state index contributed by atoms with van der Waals surface area (Å²) in [6.45, 7) is 2.09. The first-order valence-electron chi connectivity index (χ1n) is 5.93. The van der Waals surface area contributed by atoms with Gasteiger partial charge in [-0.3, -0.25) is 0 Å². The van der Waals surface area contributed by atoms with Gasteiger partial charge in [0.2, 0.25) is 0 Å². The second kappa shape index (κ2) is 6.17. The normalized spacial score (nSPS) is 11.6. The average molecular weight is 256 g/mol. The molecule has 0 heterocycles. The van der Waals surface area contributed by atoms with Crippen molar-refractivity contribution in [3.05, 3.63) is 66.2 Å². The van der Waals surface area contributed by atoms with E-state index in [2.05, 4.69) is 29.7 Å². The van der Waals surface area contributed by atoms with Crippen LogP contribution in [0.15, 0.2) is 60.7 Å². The molecule has 0 aliphatic heterocycles. The lowest BCUT2D eigenvalue weighted by molar-refractivity contribution is 0.722. The Hall–Kier alpha value is -1.87. The fraction of sp³-hybridized carbons (Fsp3) is 0.133. The number of benzene rings is 2. The van der Waals surface area contributed by atoms with E-state index in [0.29, 0.717) is 5.11 Å². The average Bonchev–Trinajstić information content (AvgIpc) is 2.40. The molecule has 0 aliphatic carbocycles. The molecule has 0 unspecified atom stereocenters. The van der Waals surface area contributed by atoms with Gasteiger partial charge in [0.05, 0.1) is 6.04 Å². The van der Waals surface area contributed by atoms with E-state index in [0.717, 1.165) is 5.69 Å². The molecule has 0 saturated heterocycles. The minimum atomic E-state index is 0.190. The van der Waals surface area contributed by atoms with Crippen molar-refractivity contribution < 1.29 is 0 Å². The van der Waals surface area contributed by atoms with Crippen LogP contribution in [0, 0.1) is 0 Å². The molecule has 0 bridgehead atoms. The first-order valence-corrected chi connectivity index (χ1v) is 6.34. The number of anilines is 1. The van der Waals surface area contributed by atoms with E-state index in [4.69, 9.17) is 12.2 Å². The zero-order valence-corrected chi connectivity index (χ0v) is 11.1. The van der Waals surface area contributed by atoms with Crippen LogP contribution in [0.1, 0.15) is 18.5 Å². The van der Waals surface area contributed by atoms with Gasteiger partial charge < -0.3 is 10.6 Å². The SMILES string of the molecule is C[C@H](NC(=S)Nc1ccccc1)c1ccccc1. The molecule has 2 nitrogen and oxygen atoms in total. The van der Waals surface area contributed by atoms with Crippen LogP contribution in [0.2, 0.25) is 0 Å². The number of rotatable bonds is 3. The molecule has 0 amide bonds. The highest BCUT2D eigenvalue weighted by atomic mass is 32.1. The molecule has 2 rings (SSSR count). The molecule has 0 fully saturated rings. The summed E-state index contributed by atoms with van der Waals surface area (Å²) in [5.74, 6) is 0. The minimum Gasteiger partial charge on any atom is -0.356 e. The molecule has 2 N–H and O–H groups in total. The van der Waals surface area contributed by atoms with Crippen molar-refractivity contribution in [2.24, 2.45) is 0 Å². The molecular weight excluding hydrogens is 240 g/mol. The van der Waals surface area contributed by atoms with Gasteiger partial charge in [-0.25, -0.2) is 0 Å². The molecule has 3 heteroatoms. The van der Waals surface area contributed by atoms with Gasteiger partial charge in [-0.15, -0.1) is 0 Å². The quantitative estimate of drug-likeness (QED) is 0.818. The van der Waals surface area contributed by atoms with Crippen molar-refractivity contribution in [2.45, 2.75) is 13.0 Å². The second-order valence-corrected chi connectivity index (χ2v) is 4.51. The molecule has 92 valence electrons. The van der Waals surface area contributed by atoms with Crippen LogP contribution in [0.25, 0.3) is 0 Å². The summed E-state index contributed by atoms with van der Waals surface area (Å²) in [7, 11) is 0. The van der Waals surface area contributed by atoms with Crippen LogP contribution >= 0.6 is 12.2 Å². The van der Waals surface area contributed by atoms with E-state index in [1.807, 2.05) is 48.5 Å². The minimum absolute atomic E-state index is 0.190. The molecule has 0 aromatic heterocycles. The zero-order valence-electron chi connectivity index (χ0n) is 10.3. The highest BCUT2D eigenvalue weighted by molar-refractivity contribution is 7.80. The molecule has 0 spiro atoms. The number of hydrogen-bond acceptors (Lipinski definition) is 1. The summed E-state index contributed by atoms with van der Waals surface area (Å²) < 4.78 is 0. The molecule has 1 atom stereocenters. The topological polar surface area (TPSA) is 24.1 Å². The van der Waals surface area contributed by atoms with Crippen LogP contribution in [0.4, 0.5) is 5.69 Å². The van der Waals surface area contributed by atoms with E-state index >= 15 is 0 Å². The van der Waals surface area contributed by atoms with Gasteiger partial charge in [0.15, 0.2) is 5.11 Å². The van der Waals surface area contributed by atoms with Crippen molar-refractivity contribution in [3.63, 3.8) is 0 Å². The smallest absolute Gasteiger partial charge is 0.171 e. The Morgan fingerprint density at radius 1 is 0.944 bits per heavy atom. The first-order chi connectivity index (χ1) is 8.75. The Morgan fingerprint density at radius 2 is 1.50 bits per heavy atom. The third kappa shape index (κ3) is 3.57. The fourth-order valence-corrected chi connectivity index (χ4v) is 2.00. The highest BCUT2D eigenvalue weighted by Gasteiger charge is 2.05. The molecule has 18 heavy (non-hydrogen) atoms. The van der Waals surface area contributed by atoms with Gasteiger partial charge >= 0.3 is 0 Å². The molecule has 0 radical (unpaired) electrons. The van der Waals surface area contributed by atoms with Gasteiger partial charge in [0, 0.05) is 5.69 Å². The van der Waals surface area contributed by atoms with Gasteiger partial charge in [0.1, 0.15) is 0 Å². The van der Waals surface area contributed by atoms with Crippen molar-refractivity contribution in [3.8, 4) is 0 Å². The second-order valence-electron chi connectivity index (χ2n) is 4.10. The predicted octanol–water partition coefficient (Wildman–Crippen LogP) is 3.73. The Labute approximate surface area is 113 Å². The first kappa shape index (κ1) is 12.6. The largest absolute Gasteiger partial charge is 0.356 e. The summed E-state index contributed by atoms with van der Waals surface area (Å²) in [6.07, 6.45) is 0. The Kier molecular flexibility index (Phi) is 4.31. The number of hydrogen-bond donors (Lipinski definition) is 2. The number of nitrogens with one attached hydrogen (secondary N) is 2. The van der Waals surface area contributed by atoms with Crippen LogP contribution in [0.3, 0.4) is 0 Å². The summed E-state index contributed by atoms with van der Waals surface area (Å²) in [5.41, 5.74) is 2.21. The molecule has 2 aromatic rings. The maximum absolute atomic E-state index is 5.29. The van der Waals surface area contributed by atoms with E-state index in [1.165, 1.54) is 5.56 Å². The molecule has 0 saturated carbocycles. The van der Waals surface area contributed by atoms with Crippen molar-refractivity contribution in [1.82, 2.24) is 5.32 Å². The Morgan fingerprint density at radius 3 is 2.11 bits per heavy atom. The van der Waals surface area contributed by atoms with Gasteiger partial charge in [-0.2, -0.15) is 0 Å². The Bertz CT molecular complexity index is 496. The molecular formula is C15H16N2S. The lowest BCUT2D eigenvalue weighted by atomic mass is 10.1. The van der Waals surface area contributed by atoms with Crippen molar-refractivity contribution >= 4 is 23.0 Å². The van der Waals surface area contributed by atoms with Gasteiger partial charge in [0.25, 0.3) is 0 Å². The van der Waals surface area contributed by atoms with Crippen LogP contribution in [0.5, 0.6) is 0 Å². The van der Waals surface area contributed by atoms with Crippen molar-refractivity contribution in [1.29, 1.82) is 0 Å². The predicted molar refractivity (Wildman–Crippen MR) is 80.7 cm³/mol.